The van der Waals surface area contributed by atoms with Crippen LogP contribution in [0.5, 0.6) is 5.75 Å². The van der Waals surface area contributed by atoms with E-state index in [4.69, 9.17) is 9.47 Å². The zero-order chi connectivity index (χ0) is 19.6. The second-order valence-corrected chi connectivity index (χ2v) is 7.11. The first-order valence-corrected chi connectivity index (χ1v) is 9.04. The Hall–Kier alpha value is -2.37. The Morgan fingerprint density at radius 2 is 1.85 bits per heavy atom. The molecule has 1 aromatic rings. The molecule has 0 N–H and O–H groups in total. The Morgan fingerprint density at radius 3 is 2.38 bits per heavy atom. The van der Waals surface area contributed by atoms with Crippen molar-refractivity contribution in [2.24, 2.45) is 5.92 Å². The van der Waals surface area contributed by atoms with Gasteiger partial charge in [0.05, 0.1) is 11.8 Å². The number of hydrogen-bond acceptors (Lipinski definition) is 5. The number of amides is 1. The monoisotopic (exact) mass is 361 g/mol. The number of ether oxygens (including phenoxy) is 2. The smallest absolute Gasteiger partial charge is 0.329 e. The van der Waals surface area contributed by atoms with Crippen LogP contribution in [0.2, 0.25) is 0 Å². The summed E-state index contributed by atoms with van der Waals surface area (Å²) in [5, 5.41) is 0. The standard InChI is InChI=1S/C20H27NO5/c1-7-16(22)14-8-9-17-15(10-14)21(13(6)20(24)25-12(4)5)19(23)18(26-17)11(2)3/h8-13,18H,7H2,1-6H3. The van der Waals surface area contributed by atoms with E-state index in [2.05, 4.69) is 0 Å². The molecule has 0 aromatic heterocycles. The molecular formula is C20H27NO5. The van der Waals surface area contributed by atoms with Crippen LogP contribution >= 0.6 is 0 Å². The number of Topliss-reactive ketones (excluding diaryl/α,β-unsaturated/α-hetero) is 1. The molecule has 0 saturated carbocycles. The molecular weight excluding hydrogens is 334 g/mol. The van der Waals surface area contributed by atoms with E-state index in [1.807, 2.05) is 13.8 Å². The summed E-state index contributed by atoms with van der Waals surface area (Å²) >= 11 is 0. The lowest BCUT2D eigenvalue weighted by atomic mass is 10.00. The van der Waals surface area contributed by atoms with Crippen molar-refractivity contribution in [3.63, 3.8) is 0 Å². The molecule has 2 rings (SSSR count). The van der Waals surface area contributed by atoms with E-state index in [-0.39, 0.29) is 23.7 Å². The van der Waals surface area contributed by atoms with Gasteiger partial charge in [-0.2, -0.15) is 0 Å². The number of carbonyl (C=O) groups excluding carboxylic acids is 3. The van der Waals surface area contributed by atoms with Gasteiger partial charge in [0.2, 0.25) is 0 Å². The number of carbonyl (C=O) groups is 3. The molecule has 1 heterocycles. The molecule has 6 heteroatoms. The minimum absolute atomic E-state index is 0.0383. The predicted molar refractivity (Wildman–Crippen MR) is 98.5 cm³/mol. The summed E-state index contributed by atoms with van der Waals surface area (Å²) in [7, 11) is 0. The molecule has 1 aromatic carbocycles. The summed E-state index contributed by atoms with van der Waals surface area (Å²) in [4.78, 5) is 38.9. The summed E-state index contributed by atoms with van der Waals surface area (Å²) in [6.45, 7) is 10.7. The molecule has 1 aliphatic heterocycles. The van der Waals surface area contributed by atoms with Crippen molar-refractivity contribution < 1.29 is 23.9 Å². The molecule has 1 amide bonds. The SMILES string of the molecule is CCC(=O)c1ccc2c(c1)N(C(C)C(=O)OC(C)C)C(=O)C(C(C)C)O2. The van der Waals surface area contributed by atoms with Crippen molar-refractivity contribution in [1.29, 1.82) is 0 Å². The molecule has 0 spiro atoms. The van der Waals surface area contributed by atoms with Gasteiger partial charge >= 0.3 is 5.97 Å². The largest absolute Gasteiger partial charge is 0.478 e. The molecule has 26 heavy (non-hydrogen) atoms. The van der Waals surface area contributed by atoms with Gasteiger partial charge in [0.25, 0.3) is 5.91 Å². The summed E-state index contributed by atoms with van der Waals surface area (Å²) in [6, 6.07) is 4.18. The predicted octanol–water partition coefficient (Wildman–Crippen LogP) is 3.37. The molecule has 6 nitrogen and oxygen atoms in total. The van der Waals surface area contributed by atoms with E-state index in [0.717, 1.165) is 0 Å². The maximum absolute atomic E-state index is 13.0. The van der Waals surface area contributed by atoms with Crippen LogP contribution in [0.3, 0.4) is 0 Å². The molecule has 0 saturated heterocycles. The number of ketones is 1. The van der Waals surface area contributed by atoms with Crippen LogP contribution in [-0.4, -0.2) is 35.9 Å². The maximum Gasteiger partial charge on any atom is 0.329 e. The van der Waals surface area contributed by atoms with Crippen LogP contribution in [-0.2, 0) is 14.3 Å². The summed E-state index contributed by atoms with van der Waals surface area (Å²) in [6.07, 6.45) is -0.619. The van der Waals surface area contributed by atoms with Gasteiger partial charge in [-0.15, -0.1) is 0 Å². The van der Waals surface area contributed by atoms with Crippen LogP contribution in [0, 0.1) is 5.92 Å². The van der Waals surface area contributed by atoms with Crippen molar-refractivity contribution in [1.82, 2.24) is 0 Å². The lowest BCUT2D eigenvalue weighted by Crippen LogP contribution is -2.54. The first-order chi connectivity index (χ1) is 12.2. The Labute approximate surface area is 154 Å². The van der Waals surface area contributed by atoms with Crippen LogP contribution < -0.4 is 9.64 Å². The van der Waals surface area contributed by atoms with E-state index in [1.54, 1.807) is 45.9 Å². The maximum atomic E-state index is 13.0. The fourth-order valence-electron chi connectivity index (χ4n) is 2.88. The highest BCUT2D eigenvalue weighted by molar-refractivity contribution is 6.06. The third kappa shape index (κ3) is 3.89. The number of fused-ring (bicyclic) bond motifs is 1. The van der Waals surface area contributed by atoms with E-state index in [0.29, 0.717) is 23.4 Å². The average molecular weight is 361 g/mol. The molecule has 1 aliphatic rings. The molecule has 2 atom stereocenters. The molecule has 0 radical (unpaired) electrons. The zero-order valence-electron chi connectivity index (χ0n) is 16.2. The Morgan fingerprint density at radius 1 is 1.19 bits per heavy atom. The van der Waals surface area contributed by atoms with Gasteiger partial charge < -0.3 is 9.47 Å². The summed E-state index contributed by atoms with van der Waals surface area (Å²) < 4.78 is 11.1. The van der Waals surface area contributed by atoms with Gasteiger partial charge in [-0.3, -0.25) is 14.5 Å². The number of rotatable bonds is 6. The third-order valence-corrected chi connectivity index (χ3v) is 4.28. The molecule has 0 aliphatic carbocycles. The number of esters is 1. The molecule has 0 bridgehead atoms. The summed E-state index contributed by atoms with van der Waals surface area (Å²) in [5.41, 5.74) is 0.916. The van der Waals surface area contributed by atoms with Crippen molar-refractivity contribution in [2.45, 2.75) is 66.2 Å². The van der Waals surface area contributed by atoms with Crippen LogP contribution in [0.1, 0.15) is 58.3 Å². The lowest BCUT2D eigenvalue weighted by Gasteiger charge is -2.38. The van der Waals surface area contributed by atoms with Crippen LogP contribution in [0.4, 0.5) is 5.69 Å². The second kappa shape index (κ2) is 7.89. The second-order valence-electron chi connectivity index (χ2n) is 7.11. The molecule has 0 fully saturated rings. The Bertz CT molecular complexity index is 710. The minimum Gasteiger partial charge on any atom is -0.478 e. The van der Waals surface area contributed by atoms with Crippen molar-refractivity contribution in [3.05, 3.63) is 23.8 Å². The van der Waals surface area contributed by atoms with E-state index >= 15 is 0 Å². The minimum atomic E-state index is -0.819. The van der Waals surface area contributed by atoms with Gasteiger partial charge in [-0.25, -0.2) is 4.79 Å². The van der Waals surface area contributed by atoms with Crippen LogP contribution in [0.25, 0.3) is 0 Å². The third-order valence-electron chi connectivity index (χ3n) is 4.28. The van der Waals surface area contributed by atoms with Gasteiger partial charge in [0.15, 0.2) is 11.9 Å². The lowest BCUT2D eigenvalue weighted by molar-refractivity contribution is -0.150. The van der Waals surface area contributed by atoms with Crippen molar-refractivity contribution in [3.8, 4) is 5.75 Å². The number of hydrogen-bond donors (Lipinski definition) is 0. The topological polar surface area (TPSA) is 72.9 Å². The number of nitrogens with zero attached hydrogens (tertiary/aromatic N) is 1. The van der Waals surface area contributed by atoms with E-state index < -0.39 is 18.1 Å². The highest BCUT2D eigenvalue weighted by Gasteiger charge is 2.41. The normalized spacial score (nSPS) is 17.8. The van der Waals surface area contributed by atoms with Gasteiger partial charge in [-0.1, -0.05) is 20.8 Å². The van der Waals surface area contributed by atoms with E-state index in [9.17, 15) is 14.4 Å². The fourth-order valence-corrected chi connectivity index (χ4v) is 2.88. The average Bonchev–Trinajstić information content (AvgIpc) is 2.58. The van der Waals surface area contributed by atoms with Crippen molar-refractivity contribution in [2.75, 3.05) is 4.90 Å². The first kappa shape index (κ1) is 19.9. The van der Waals surface area contributed by atoms with Crippen LogP contribution in [0.15, 0.2) is 18.2 Å². The van der Waals surface area contributed by atoms with Gasteiger partial charge in [-0.05, 0) is 44.9 Å². The van der Waals surface area contributed by atoms with Crippen molar-refractivity contribution >= 4 is 23.3 Å². The number of benzene rings is 1. The Kier molecular flexibility index (Phi) is 6.05. The Balaban J connectivity index is 2.51. The quantitative estimate of drug-likeness (QED) is 0.574. The summed E-state index contributed by atoms with van der Waals surface area (Å²) in [5.74, 6) is -0.412. The van der Waals surface area contributed by atoms with E-state index in [1.165, 1.54) is 4.90 Å². The molecule has 142 valence electrons. The fraction of sp³-hybridized carbons (Fsp3) is 0.550. The van der Waals surface area contributed by atoms with Gasteiger partial charge in [0.1, 0.15) is 11.8 Å². The first-order valence-electron chi connectivity index (χ1n) is 9.04. The highest BCUT2D eigenvalue weighted by atomic mass is 16.5. The zero-order valence-corrected chi connectivity index (χ0v) is 16.2. The highest BCUT2D eigenvalue weighted by Crippen LogP contribution is 2.38. The molecule has 2 unspecified atom stereocenters. The number of anilines is 1. The van der Waals surface area contributed by atoms with Gasteiger partial charge in [0, 0.05) is 12.0 Å².